The number of benzene rings is 1. The van der Waals surface area contributed by atoms with Crippen LogP contribution in [0.3, 0.4) is 0 Å². The highest BCUT2D eigenvalue weighted by Gasteiger charge is 2.15. The highest BCUT2D eigenvalue weighted by atomic mass is 35.5. The molecule has 18 heavy (non-hydrogen) atoms. The molecule has 0 aliphatic carbocycles. The SMILES string of the molecule is CCNCC(=O)Nc1cc(Cl)c([N+](=O)[O-])cc1C. The second-order valence-electron chi connectivity index (χ2n) is 3.70. The number of nitro benzene ring substituents is 1. The van der Waals surface area contributed by atoms with Gasteiger partial charge in [-0.15, -0.1) is 0 Å². The summed E-state index contributed by atoms with van der Waals surface area (Å²) in [5.74, 6) is -0.218. The first kappa shape index (κ1) is 14.4. The third-order valence-electron chi connectivity index (χ3n) is 2.30. The minimum atomic E-state index is -0.556. The maximum Gasteiger partial charge on any atom is 0.288 e. The van der Waals surface area contributed by atoms with Crippen molar-refractivity contribution in [1.82, 2.24) is 5.32 Å². The third kappa shape index (κ3) is 3.68. The third-order valence-corrected chi connectivity index (χ3v) is 2.60. The summed E-state index contributed by atoms with van der Waals surface area (Å²) >= 11 is 5.78. The molecule has 0 aliphatic heterocycles. The molecule has 0 aliphatic rings. The van der Waals surface area contributed by atoms with E-state index >= 15 is 0 Å². The molecular weight excluding hydrogens is 258 g/mol. The van der Waals surface area contributed by atoms with Crippen LogP contribution in [0.15, 0.2) is 12.1 Å². The quantitative estimate of drug-likeness (QED) is 0.634. The zero-order chi connectivity index (χ0) is 13.7. The van der Waals surface area contributed by atoms with Crippen LogP contribution < -0.4 is 10.6 Å². The zero-order valence-electron chi connectivity index (χ0n) is 10.1. The smallest absolute Gasteiger partial charge is 0.288 e. The van der Waals surface area contributed by atoms with Crippen LogP contribution in [0.2, 0.25) is 5.02 Å². The predicted octanol–water partition coefficient (Wildman–Crippen LogP) is 2.10. The van der Waals surface area contributed by atoms with Crippen LogP contribution >= 0.6 is 11.6 Å². The summed E-state index contributed by atoms with van der Waals surface area (Å²) in [6.45, 7) is 4.44. The van der Waals surface area contributed by atoms with E-state index in [0.29, 0.717) is 17.8 Å². The summed E-state index contributed by atoms with van der Waals surface area (Å²) in [6, 6.07) is 2.73. The van der Waals surface area contributed by atoms with Crippen LogP contribution in [0, 0.1) is 17.0 Å². The summed E-state index contributed by atoms with van der Waals surface area (Å²) in [5.41, 5.74) is 0.906. The summed E-state index contributed by atoms with van der Waals surface area (Å²) in [7, 11) is 0. The lowest BCUT2D eigenvalue weighted by atomic mass is 10.1. The maximum atomic E-state index is 11.5. The zero-order valence-corrected chi connectivity index (χ0v) is 10.9. The Kier molecular flexibility index (Phi) is 5.06. The molecule has 1 amide bonds. The van der Waals surface area contributed by atoms with Gasteiger partial charge in [0.1, 0.15) is 5.02 Å². The number of nitrogens with one attached hydrogen (secondary N) is 2. The lowest BCUT2D eigenvalue weighted by molar-refractivity contribution is -0.384. The van der Waals surface area contributed by atoms with Crippen LogP contribution in [-0.2, 0) is 4.79 Å². The first-order valence-electron chi connectivity index (χ1n) is 5.40. The molecule has 0 heterocycles. The van der Waals surface area contributed by atoms with Gasteiger partial charge in [-0.25, -0.2) is 0 Å². The van der Waals surface area contributed by atoms with E-state index in [-0.39, 0.29) is 23.2 Å². The molecule has 0 spiro atoms. The number of halogens is 1. The number of hydrogen-bond acceptors (Lipinski definition) is 4. The molecule has 1 aromatic rings. The fraction of sp³-hybridized carbons (Fsp3) is 0.364. The normalized spacial score (nSPS) is 10.2. The minimum Gasteiger partial charge on any atom is -0.325 e. The lowest BCUT2D eigenvalue weighted by Crippen LogP contribution is -2.28. The topological polar surface area (TPSA) is 84.3 Å². The van der Waals surface area contributed by atoms with Crippen molar-refractivity contribution in [3.05, 3.63) is 32.8 Å². The average Bonchev–Trinajstić information content (AvgIpc) is 2.30. The number of rotatable bonds is 5. The standard InChI is InChI=1S/C11H14ClN3O3/c1-3-13-6-11(16)14-9-5-8(12)10(15(17)18)4-7(9)2/h4-5,13H,3,6H2,1-2H3,(H,14,16). The molecule has 7 heteroatoms. The van der Waals surface area contributed by atoms with E-state index in [0.717, 1.165) is 0 Å². The molecule has 0 unspecified atom stereocenters. The highest BCUT2D eigenvalue weighted by molar-refractivity contribution is 6.33. The van der Waals surface area contributed by atoms with E-state index in [1.165, 1.54) is 12.1 Å². The summed E-state index contributed by atoms with van der Waals surface area (Å²) in [6.07, 6.45) is 0. The van der Waals surface area contributed by atoms with Crippen molar-refractivity contribution in [2.24, 2.45) is 0 Å². The molecule has 0 fully saturated rings. The minimum absolute atomic E-state index is 0.00403. The Morgan fingerprint density at radius 2 is 2.17 bits per heavy atom. The van der Waals surface area contributed by atoms with Crippen LogP contribution in [0.25, 0.3) is 0 Å². The fourth-order valence-corrected chi connectivity index (χ4v) is 1.61. The molecule has 6 nitrogen and oxygen atoms in total. The van der Waals surface area contributed by atoms with Crippen molar-refractivity contribution in [1.29, 1.82) is 0 Å². The number of hydrogen-bond donors (Lipinski definition) is 2. The van der Waals surface area contributed by atoms with Crippen molar-refractivity contribution in [3.8, 4) is 0 Å². The van der Waals surface area contributed by atoms with Crippen molar-refractivity contribution < 1.29 is 9.72 Å². The second kappa shape index (κ2) is 6.32. The monoisotopic (exact) mass is 271 g/mol. The molecule has 0 saturated carbocycles. The number of aryl methyl sites for hydroxylation is 1. The van der Waals surface area contributed by atoms with E-state index in [1.807, 2.05) is 6.92 Å². The van der Waals surface area contributed by atoms with Gasteiger partial charge in [0, 0.05) is 11.8 Å². The lowest BCUT2D eigenvalue weighted by Gasteiger charge is -2.09. The van der Waals surface area contributed by atoms with Gasteiger partial charge in [-0.05, 0) is 25.1 Å². The molecule has 0 aromatic heterocycles. The maximum absolute atomic E-state index is 11.5. The van der Waals surface area contributed by atoms with Crippen molar-refractivity contribution in [2.75, 3.05) is 18.4 Å². The number of amides is 1. The van der Waals surface area contributed by atoms with Gasteiger partial charge >= 0.3 is 0 Å². The van der Waals surface area contributed by atoms with Gasteiger partial charge in [0.25, 0.3) is 5.69 Å². The van der Waals surface area contributed by atoms with Gasteiger partial charge in [-0.3, -0.25) is 14.9 Å². The number of nitro groups is 1. The Hall–Kier alpha value is -1.66. The highest BCUT2D eigenvalue weighted by Crippen LogP contribution is 2.30. The summed E-state index contributed by atoms with van der Waals surface area (Å²) in [5, 5.41) is 16.2. The van der Waals surface area contributed by atoms with Crippen molar-refractivity contribution in [3.63, 3.8) is 0 Å². The van der Waals surface area contributed by atoms with Gasteiger partial charge in [0.05, 0.1) is 11.5 Å². The van der Waals surface area contributed by atoms with Crippen molar-refractivity contribution in [2.45, 2.75) is 13.8 Å². The number of carbonyl (C=O) groups is 1. The van der Waals surface area contributed by atoms with Gasteiger partial charge in [-0.1, -0.05) is 18.5 Å². The van der Waals surface area contributed by atoms with E-state index in [4.69, 9.17) is 11.6 Å². The predicted molar refractivity (Wildman–Crippen MR) is 70.0 cm³/mol. The Labute approximate surface area is 109 Å². The Morgan fingerprint density at radius 1 is 1.50 bits per heavy atom. The Morgan fingerprint density at radius 3 is 2.72 bits per heavy atom. The molecule has 0 bridgehead atoms. The number of nitrogens with zero attached hydrogens (tertiary/aromatic N) is 1. The largest absolute Gasteiger partial charge is 0.325 e. The van der Waals surface area contributed by atoms with Gasteiger partial charge < -0.3 is 10.6 Å². The van der Waals surface area contributed by atoms with E-state index in [1.54, 1.807) is 6.92 Å². The molecule has 2 N–H and O–H groups in total. The molecule has 1 rings (SSSR count). The number of carbonyl (C=O) groups excluding carboxylic acids is 1. The van der Waals surface area contributed by atoms with Crippen LogP contribution in [0.1, 0.15) is 12.5 Å². The number of likely N-dealkylation sites (N-methyl/N-ethyl adjacent to an activating group) is 1. The van der Waals surface area contributed by atoms with E-state index in [2.05, 4.69) is 10.6 Å². The van der Waals surface area contributed by atoms with E-state index < -0.39 is 4.92 Å². The molecule has 0 saturated heterocycles. The van der Waals surface area contributed by atoms with Crippen LogP contribution in [0.5, 0.6) is 0 Å². The first-order chi connectivity index (χ1) is 8.45. The van der Waals surface area contributed by atoms with Gasteiger partial charge in [-0.2, -0.15) is 0 Å². The first-order valence-corrected chi connectivity index (χ1v) is 5.78. The van der Waals surface area contributed by atoms with Crippen LogP contribution in [-0.4, -0.2) is 23.9 Å². The van der Waals surface area contributed by atoms with Crippen molar-refractivity contribution >= 4 is 28.9 Å². The molecule has 0 atom stereocenters. The molecule has 98 valence electrons. The summed E-state index contributed by atoms with van der Waals surface area (Å²) < 4.78 is 0. The second-order valence-corrected chi connectivity index (χ2v) is 4.11. The Balaban J connectivity index is 2.88. The fourth-order valence-electron chi connectivity index (χ4n) is 1.37. The Bertz CT molecular complexity index is 477. The van der Waals surface area contributed by atoms with Crippen LogP contribution in [0.4, 0.5) is 11.4 Å². The molecule has 0 radical (unpaired) electrons. The molecular formula is C11H14ClN3O3. The van der Waals surface area contributed by atoms with E-state index in [9.17, 15) is 14.9 Å². The average molecular weight is 272 g/mol. The summed E-state index contributed by atoms with van der Waals surface area (Å²) in [4.78, 5) is 21.6. The number of anilines is 1. The molecule has 1 aromatic carbocycles. The van der Waals surface area contributed by atoms with Gasteiger partial charge in [0.15, 0.2) is 0 Å². The van der Waals surface area contributed by atoms with Gasteiger partial charge in [0.2, 0.25) is 5.91 Å².